The van der Waals surface area contributed by atoms with Crippen molar-refractivity contribution in [2.75, 3.05) is 18.1 Å². The predicted octanol–water partition coefficient (Wildman–Crippen LogP) is 1.88. The summed E-state index contributed by atoms with van der Waals surface area (Å²) < 4.78 is 24.9. The molecule has 3 rings (SSSR count). The Bertz CT molecular complexity index is 938. The third kappa shape index (κ3) is 3.79. The molecule has 2 heterocycles. The fraction of sp³-hybridized carbons (Fsp3) is 0.294. The van der Waals surface area contributed by atoms with E-state index in [1.165, 1.54) is 15.6 Å². The van der Waals surface area contributed by atoms with Gasteiger partial charge in [0.1, 0.15) is 11.0 Å². The van der Waals surface area contributed by atoms with E-state index in [-0.39, 0.29) is 5.56 Å². The van der Waals surface area contributed by atoms with Crippen molar-refractivity contribution >= 4 is 38.2 Å². The first-order valence-corrected chi connectivity index (χ1v) is 10.7. The van der Waals surface area contributed by atoms with E-state index in [0.717, 1.165) is 16.7 Å². The number of nitrogens with two attached hydrogens (primary N) is 1. The molecular formula is C17H19N3O4S2. The molecule has 138 valence electrons. The quantitative estimate of drug-likeness (QED) is 0.808. The lowest BCUT2D eigenvalue weighted by Gasteiger charge is -2.21. The van der Waals surface area contributed by atoms with Crippen LogP contribution in [0.3, 0.4) is 0 Å². The lowest BCUT2D eigenvalue weighted by Crippen LogP contribution is -2.42. The number of amides is 2. The molecule has 2 amide bonds. The monoisotopic (exact) mass is 393 g/mol. The van der Waals surface area contributed by atoms with Gasteiger partial charge in [0.2, 0.25) is 15.9 Å². The third-order valence-corrected chi connectivity index (χ3v) is 6.61. The Morgan fingerprint density at radius 2 is 1.96 bits per heavy atom. The summed E-state index contributed by atoms with van der Waals surface area (Å²) in [6.45, 7) is 0.319. The van der Waals surface area contributed by atoms with E-state index in [4.69, 9.17) is 5.73 Å². The zero-order chi connectivity index (χ0) is 18.9. The highest BCUT2D eigenvalue weighted by atomic mass is 32.2. The Labute approximate surface area is 155 Å². The van der Waals surface area contributed by atoms with Gasteiger partial charge in [0, 0.05) is 11.4 Å². The van der Waals surface area contributed by atoms with Crippen LogP contribution >= 0.6 is 11.3 Å². The first-order chi connectivity index (χ1) is 12.3. The molecule has 0 saturated carbocycles. The number of nitrogens with one attached hydrogen (secondary N) is 1. The maximum Gasteiger partial charge on any atom is 0.251 e. The van der Waals surface area contributed by atoms with E-state index < -0.39 is 27.9 Å². The average Bonchev–Trinajstić information content (AvgIpc) is 3.22. The largest absolute Gasteiger partial charge is 0.366 e. The van der Waals surface area contributed by atoms with Crippen molar-refractivity contribution < 1.29 is 18.0 Å². The average molecular weight is 393 g/mol. The summed E-state index contributed by atoms with van der Waals surface area (Å²) in [5.41, 5.74) is 6.56. The maximum absolute atomic E-state index is 12.6. The second kappa shape index (κ2) is 7.18. The number of benzene rings is 1. The number of carbonyl (C=O) groups excluding carboxylic acids is 2. The van der Waals surface area contributed by atoms with Crippen LogP contribution in [0.4, 0.5) is 5.00 Å². The fourth-order valence-corrected chi connectivity index (χ4v) is 5.20. The molecule has 2 aromatic rings. The topological polar surface area (TPSA) is 110 Å². The van der Waals surface area contributed by atoms with Gasteiger partial charge in [-0.05, 0) is 24.5 Å². The number of carbonyl (C=O) groups is 2. The van der Waals surface area contributed by atoms with Gasteiger partial charge in [-0.1, -0.05) is 30.3 Å². The molecule has 9 heteroatoms. The molecule has 3 N–H and O–H groups in total. The number of hydrogen-bond donors (Lipinski definition) is 2. The molecule has 0 spiro atoms. The summed E-state index contributed by atoms with van der Waals surface area (Å²) in [5, 5.41) is 3.03. The molecule has 0 aliphatic carbocycles. The van der Waals surface area contributed by atoms with Crippen LogP contribution in [0.5, 0.6) is 0 Å². The maximum atomic E-state index is 12.6. The summed E-state index contributed by atoms with van der Waals surface area (Å²) in [6, 6.07) is 10.3. The summed E-state index contributed by atoms with van der Waals surface area (Å²) in [7, 11) is -3.47. The number of thiophene rings is 1. The molecule has 1 aliphatic heterocycles. The number of anilines is 1. The number of primary amides is 1. The minimum Gasteiger partial charge on any atom is -0.366 e. The van der Waals surface area contributed by atoms with Crippen LogP contribution in [0.1, 0.15) is 23.2 Å². The van der Waals surface area contributed by atoms with Gasteiger partial charge >= 0.3 is 0 Å². The minimum atomic E-state index is -3.47. The lowest BCUT2D eigenvalue weighted by atomic mass is 10.1. The first kappa shape index (κ1) is 18.6. The molecule has 1 aromatic carbocycles. The highest BCUT2D eigenvalue weighted by Gasteiger charge is 2.37. The standard InChI is InChI=1S/C17H19N3O4S2/c1-26(23,24)20-9-5-8-13(20)16(22)19-17-12(15(18)21)10-14(25-17)11-6-3-2-4-7-11/h2-4,6-7,10,13H,5,8-9H2,1H3,(H2,18,21)(H,19,22)/t13-/m1/s1. The third-order valence-electron chi connectivity index (χ3n) is 4.22. The Hall–Kier alpha value is -2.23. The van der Waals surface area contributed by atoms with E-state index in [9.17, 15) is 18.0 Å². The van der Waals surface area contributed by atoms with Crippen LogP contribution in [-0.4, -0.2) is 43.4 Å². The SMILES string of the molecule is CS(=O)(=O)N1CCC[C@@H]1C(=O)Nc1sc(-c2ccccc2)cc1C(N)=O. The molecule has 1 saturated heterocycles. The van der Waals surface area contributed by atoms with Crippen molar-refractivity contribution in [2.45, 2.75) is 18.9 Å². The van der Waals surface area contributed by atoms with Crippen LogP contribution in [0.2, 0.25) is 0 Å². The van der Waals surface area contributed by atoms with Gasteiger partial charge in [-0.3, -0.25) is 9.59 Å². The lowest BCUT2D eigenvalue weighted by molar-refractivity contribution is -0.119. The van der Waals surface area contributed by atoms with Gasteiger partial charge in [-0.2, -0.15) is 4.31 Å². The van der Waals surface area contributed by atoms with Gasteiger partial charge in [-0.25, -0.2) is 8.42 Å². The fourth-order valence-electron chi connectivity index (χ4n) is 3.01. The zero-order valence-electron chi connectivity index (χ0n) is 14.1. The van der Waals surface area contributed by atoms with Crippen LogP contribution in [0.15, 0.2) is 36.4 Å². The Kier molecular flexibility index (Phi) is 5.12. The van der Waals surface area contributed by atoms with Gasteiger partial charge in [0.05, 0.1) is 11.8 Å². The number of hydrogen-bond acceptors (Lipinski definition) is 5. The van der Waals surface area contributed by atoms with E-state index in [1.807, 2.05) is 30.3 Å². The predicted molar refractivity (Wildman–Crippen MR) is 101 cm³/mol. The second-order valence-corrected chi connectivity index (χ2v) is 9.09. The Balaban J connectivity index is 1.88. The highest BCUT2D eigenvalue weighted by molar-refractivity contribution is 7.88. The van der Waals surface area contributed by atoms with Crippen molar-refractivity contribution in [2.24, 2.45) is 5.73 Å². The van der Waals surface area contributed by atoms with Gasteiger partial charge < -0.3 is 11.1 Å². The smallest absolute Gasteiger partial charge is 0.251 e. The summed E-state index contributed by atoms with van der Waals surface area (Å²) in [4.78, 5) is 25.2. The molecule has 0 unspecified atom stereocenters. The van der Waals surface area contributed by atoms with Gasteiger partial charge in [0.15, 0.2) is 0 Å². The molecular weight excluding hydrogens is 374 g/mol. The van der Waals surface area contributed by atoms with Crippen LogP contribution in [-0.2, 0) is 14.8 Å². The highest BCUT2D eigenvalue weighted by Crippen LogP contribution is 2.35. The van der Waals surface area contributed by atoms with E-state index in [0.29, 0.717) is 24.4 Å². The number of sulfonamides is 1. The molecule has 7 nitrogen and oxygen atoms in total. The van der Waals surface area contributed by atoms with Crippen molar-refractivity contribution in [1.29, 1.82) is 0 Å². The zero-order valence-corrected chi connectivity index (χ0v) is 15.8. The van der Waals surface area contributed by atoms with Crippen molar-refractivity contribution in [3.63, 3.8) is 0 Å². The Morgan fingerprint density at radius 3 is 2.58 bits per heavy atom. The normalized spacial score (nSPS) is 18.0. The van der Waals surface area contributed by atoms with E-state index in [1.54, 1.807) is 6.07 Å². The van der Waals surface area contributed by atoms with Crippen molar-refractivity contribution in [1.82, 2.24) is 4.31 Å². The van der Waals surface area contributed by atoms with E-state index >= 15 is 0 Å². The number of nitrogens with zero attached hydrogens (tertiary/aromatic N) is 1. The summed E-state index contributed by atoms with van der Waals surface area (Å²) >= 11 is 1.24. The molecule has 0 bridgehead atoms. The van der Waals surface area contributed by atoms with Crippen LogP contribution in [0.25, 0.3) is 10.4 Å². The molecule has 1 aromatic heterocycles. The molecule has 26 heavy (non-hydrogen) atoms. The van der Waals surface area contributed by atoms with E-state index in [2.05, 4.69) is 5.32 Å². The summed E-state index contributed by atoms with van der Waals surface area (Å²) in [5.74, 6) is -1.10. The van der Waals surface area contributed by atoms with Gasteiger partial charge in [0.25, 0.3) is 5.91 Å². The summed E-state index contributed by atoms with van der Waals surface area (Å²) in [6.07, 6.45) is 2.15. The second-order valence-electron chi connectivity index (χ2n) is 6.10. The minimum absolute atomic E-state index is 0.214. The first-order valence-electron chi connectivity index (χ1n) is 8.04. The molecule has 1 atom stereocenters. The van der Waals surface area contributed by atoms with Gasteiger partial charge in [-0.15, -0.1) is 11.3 Å². The van der Waals surface area contributed by atoms with Crippen LogP contribution < -0.4 is 11.1 Å². The molecule has 0 radical (unpaired) electrons. The number of rotatable bonds is 5. The molecule has 1 fully saturated rings. The Morgan fingerprint density at radius 1 is 1.27 bits per heavy atom. The van der Waals surface area contributed by atoms with Crippen LogP contribution in [0, 0.1) is 0 Å². The molecule has 1 aliphatic rings. The van der Waals surface area contributed by atoms with Crippen molar-refractivity contribution in [3.05, 3.63) is 42.0 Å². The van der Waals surface area contributed by atoms with Crippen molar-refractivity contribution in [3.8, 4) is 10.4 Å².